The number of fused-ring (bicyclic) bond motifs is 1. The van der Waals surface area contributed by atoms with Gasteiger partial charge in [-0.3, -0.25) is 0 Å². The highest BCUT2D eigenvalue weighted by atomic mass is 16.5. The molecule has 7 heteroatoms. The average Bonchev–Trinajstić information content (AvgIpc) is 2.72. The summed E-state index contributed by atoms with van der Waals surface area (Å²) in [6.45, 7) is 7.41. The Labute approximate surface area is 180 Å². The normalized spacial score (nSPS) is 11.9. The van der Waals surface area contributed by atoms with E-state index in [4.69, 9.17) is 9.15 Å². The minimum atomic E-state index is -0.848. The van der Waals surface area contributed by atoms with Crippen molar-refractivity contribution in [3.05, 3.63) is 75.6 Å². The monoisotopic (exact) mass is 422 g/mol. The van der Waals surface area contributed by atoms with E-state index in [1.807, 2.05) is 39.8 Å². The topological polar surface area (TPSA) is 97.6 Å². The number of urea groups is 1. The molecule has 7 nitrogen and oxygen atoms in total. The highest BCUT2D eigenvalue weighted by molar-refractivity contribution is 5.92. The molecular weight excluding hydrogens is 396 g/mol. The summed E-state index contributed by atoms with van der Waals surface area (Å²) in [6, 6.07) is 12.6. The summed E-state index contributed by atoms with van der Waals surface area (Å²) in [6.07, 6.45) is 0. The van der Waals surface area contributed by atoms with Gasteiger partial charge in [-0.25, -0.2) is 14.4 Å². The van der Waals surface area contributed by atoms with E-state index in [9.17, 15) is 14.4 Å². The Bertz CT molecular complexity index is 1150. The first-order chi connectivity index (χ1) is 14.7. The Morgan fingerprint density at radius 2 is 1.71 bits per heavy atom. The Morgan fingerprint density at radius 1 is 1.03 bits per heavy atom. The van der Waals surface area contributed by atoms with Gasteiger partial charge in [-0.2, -0.15) is 0 Å². The number of carbonyl (C=O) groups excluding carboxylic acids is 2. The van der Waals surface area contributed by atoms with Crippen molar-refractivity contribution < 1.29 is 18.7 Å². The van der Waals surface area contributed by atoms with Gasteiger partial charge in [-0.05, 0) is 55.2 Å². The first-order valence-electron chi connectivity index (χ1n) is 10.1. The van der Waals surface area contributed by atoms with Crippen molar-refractivity contribution >= 4 is 28.7 Å². The highest BCUT2D eigenvalue weighted by Gasteiger charge is 2.26. The van der Waals surface area contributed by atoms with Gasteiger partial charge in [0, 0.05) is 22.7 Å². The lowest BCUT2D eigenvalue weighted by Gasteiger charge is -2.21. The third-order valence-electron chi connectivity index (χ3n) is 5.05. The maximum absolute atomic E-state index is 12.7. The SMILES string of the molecule is Cc1cc2oc(=O)cc(COC(=O)[C@H](NC(=O)Nc3ccccc3)C(C)C)c2cc1C. The summed E-state index contributed by atoms with van der Waals surface area (Å²) < 4.78 is 10.8. The van der Waals surface area contributed by atoms with Crippen LogP contribution in [0.5, 0.6) is 0 Å². The van der Waals surface area contributed by atoms with Crippen LogP contribution in [0.25, 0.3) is 11.0 Å². The van der Waals surface area contributed by atoms with Gasteiger partial charge in [-0.15, -0.1) is 0 Å². The van der Waals surface area contributed by atoms with Crippen LogP contribution in [0.2, 0.25) is 0 Å². The molecule has 0 saturated heterocycles. The average molecular weight is 422 g/mol. The molecule has 3 aromatic rings. The summed E-state index contributed by atoms with van der Waals surface area (Å²) in [7, 11) is 0. The molecule has 1 atom stereocenters. The number of hydrogen-bond donors (Lipinski definition) is 2. The molecule has 0 bridgehead atoms. The lowest BCUT2D eigenvalue weighted by atomic mass is 10.0. The number of hydrogen-bond acceptors (Lipinski definition) is 5. The summed E-state index contributed by atoms with van der Waals surface area (Å²) in [5.74, 6) is -0.778. The zero-order valence-corrected chi connectivity index (χ0v) is 18.0. The molecular formula is C24H26N2O5. The van der Waals surface area contributed by atoms with Crippen LogP contribution in [0.4, 0.5) is 10.5 Å². The van der Waals surface area contributed by atoms with Gasteiger partial charge in [0.25, 0.3) is 0 Å². The van der Waals surface area contributed by atoms with Crippen LogP contribution in [0.3, 0.4) is 0 Å². The molecule has 0 radical (unpaired) electrons. The Hall–Kier alpha value is -3.61. The fourth-order valence-electron chi connectivity index (χ4n) is 3.17. The molecule has 0 aliphatic carbocycles. The molecule has 31 heavy (non-hydrogen) atoms. The second-order valence-electron chi connectivity index (χ2n) is 7.82. The van der Waals surface area contributed by atoms with E-state index in [2.05, 4.69) is 10.6 Å². The fourth-order valence-corrected chi connectivity index (χ4v) is 3.17. The maximum atomic E-state index is 12.7. The van der Waals surface area contributed by atoms with Crippen LogP contribution in [0.15, 0.2) is 57.7 Å². The van der Waals surface area contributed by atoms with Crippen molar-refractivity contribution in [1.82, 2.24) is 5.32 Å². The largest absolute Gasteiger partial charge is 0.459 e. The molecule has 1 aromatic heterocycles. The van der Waals surface area contributed by atoms with E-state index in [0.717, 1.165) is 11.1 Å². The minimum Gasteiger partial charge on any atom is -0.459 e. The highest BCUT2D eigenvalue weighted by Crippen LogP contribution is 2.22. The summed E-state index contributed by atoms with van der Waals surface area (Å²) >= 11 is 0. The Kier molecular flexibility index (Phi) is 6.74. The molecule has 2 amide bonds. The molecule has 0 saturated carbocycles. The predicted octanol–water partition coefficient (Wildman–Crippen LogP) is 4.30. The van der Waals surface area contributed by atoms with Crippen LogP contribution in [-0.4, -0.2) is 18.0 Å². The van der Waals surface area contributed by atoms with Gasteiger partial charge in [-0.1, -0.05) is 32.0 Å². The van der Waals surface area contributed by atoms with Crippen LogP contribution in [0.1, 0.15) is 30.5 Å². The quantitative estimate of drug-likeness (QED) is 0.456. The lowest BCUT2D eigenvalue weighted by molar-refractivity contribution is -0.148. The van der Waals surface area contributed by atoms with Gasteiger partial charge in [0.1, 0.15) is 18.2 Å². The van der Waals surface area contributed by atoms with Crippen molar-refractivity contribution in [3.63, 3.8) is 0 Å². The number of anilines is 1. The van der Waals surface area contributed by atoms with Gasteiger partial charge in [0.15, 0.2) is 0 Å². The van der Waals surface area contributed by atoms with E-state index >= 15 is 0 Å². The molecule has 0 fully saturated rings. The zero-order chi connectivity index (χ0) is 22.5. The first kappa shape index (κ1) is 22.1. The molecule has 162 valence electrons. The van der Waals surface area contributed by atoms with Crippen LogP contribution >= 0.6 is 0 Å². The van der Waals surface area contributed by atoms with Crippen LogP contribution in [0, 0.1) is 19.8 Å². The molecule has 3 rings (SSSR count). The van der Waals surface area contributed by atoms with E-state index in [1.54, 1.807) is 30.3 Å². The second-order valence-corrected chi connectivity index (χ2v) is 7.82. The summed E-state index contributed by atoms with van der Waals surface area (Å²) in [5.41, 5.74) is 3.14. The number of aryl methyl sites for hydroxylation is 2. The Balaban J connectivity index is 1.72. The third kappa shape index (κ3) is 5.51. The fraction of sp³-hybridized carbons (Fsp3) is 0.292. The second kappa shape index (κ2) is 9.47. The third-order valence-corrected chi connectivity index (χ3v) is 5.05. The predicted molar refractivity (Wildman–Crippen MR) is 119 cm³/mol. The van der Waals surface area contributed by atoms with Gasteiger partial charge in [0.05, 0.1) is 0 Å². The smallest absolute Gasteiger partial charge is 0.336 e. The molecule has 0 aliphatic rings. The number of para-hydroxylation sites is 1. The summed E-state index contributed by atoms with van der Waals surface area (Å²) in [4.78, 5) is 37.0. The summed E-state index contributed by atoms with van der Waals surface area (Å²) in [5, 5.41) is 6.06. The molecule has 0 aliphatic heterocycles. The van der Waals surface area contributed by atoms with Crippen LogP contribution in [-0.2, 0) is 16.1 Å². The number of amides is 2. The number of nitrogens with one attached hydrogen (secondary N) is 2. The number of ether oxygens (including phenoxy) is 1. The number of esters is 1. The Morgan fingerprint density at radius 3 is 2.39 bits per heavy atom. The van der Waals surface area contributed by atoms with Crippen molar-refractivity contribution in [2.75, 3.05) is 5.32 Å². The van der Waals surface area contributed by atoms with Crippen molar-refractivity contribution in [3.8, 4) is 0 Å². The van der Waals surface area contributed by atoms with E-state index in [0.29, 0.717) is 22.2 Å². The van der Waals surface area contributed by atoms with E-state index in [1.165, 1.54) is 6.07 Å². The van der Waals surface area contributed by atoms with Gasteiger partial charge >= 0.3 is 17.6 Å². The number of benzene rings is 2. The molecule has 0 unspecified atom stereocenters. The molecule has 1 heterocycles. The van der Waals surface area contributed by atoms with Crippen molar-refractivity contribution in [2.45, 2.75) is 40.3 Å². The molecule has 2 aromatic carbocycles. The van der Waals surface area contributed by atoms with E-state index < -0.39 is 23.7 Å². The standard InChI is InChI=1S/C24H26N2O5/c1-14(2)22(26-24(29)25-18-8-6-5-7-9-18)23(28)30-13-17-12-21(27)31-20-11-16(4)15(3)10-19(17)20/h5-12,14,22H,13H2,1-4H3,(H2,25,26,29)/t22-/m1/s1. The number of rotatable bonds is 6. The van der Waals surface area contributed by atoms with Crippen molar-refractivity contribution in [1.29, 1.82) is 0 Å². The van der Waals surface area contributed by atoms with Crippen LogP contribution < -0.4 is 16.3 Å². The molecule has 2 N–H and O–H groups in total. The molecule has 0 spiro atoms. The maximum Gasteiger partial charge on any atom is 0.336 e. The van der Waals surface area contributed by atoms with Crippen molar-refractivity contribution in [2.24, 2.45) is 5.92 Å². The first-order valence-corrected chi connectivity index (χ1v) is 10.1. The number of carbonyl (C=O) groups is 2. The minimum absolute atomic E-state index is 0.103. The lowest BCUT2D eigenvalue weighted by Crippen LogP contribution is -2.47. The van der Waals surface area contributed by atoms with E-state index in [-0.39, 0.29) is 12.5 Å². The zero-order valence-electron chi connectivity index (χ0n) is 18.0. The van der Waals surface area contributed by atoms with Gasteiger partial charge < -0.3 is 19.8 Å². The van der Waals surface area contributed by atoms with Gasteiger partial charge in [0.2, 0.25) is 0 Å².